The number of fused-ring (bicyclic) bond motifs is 1. The normalized spacial score (nSPS) is 12.0. The summed E-state index contributed by atoms with van der Waals surface area (Å²) in [4.78, 5) is 11.1. The van der Waals surface area contributed by atoms with Gasteiger partial charge in [-0.05, 0) is 30.9 Å². The number of anilines is 1. The molecular formula is C14H22N4S. The average molecular weight is 278 g/mol. The Morgan fingerprint density at radius 1 is 1.37 bits per heavy atom. The molecule has 0 aromatic carbocycles. The van der Waals surface area contributed by atoms with E-state index in [4.69, 9.17) is 5.73 Å². The molecule has 2 heterocycles. The summed E-state index contributed by atoms with van der Waals surface area (Å²) in [6.07, 6.45) is 3.67. The van der Waals surface area contributed by atoms with Crippen LogP contribution in [0.1, 0.15) is 32.1 Å². The second-order valence-electron chi connectivity index (χ2n) is 5.56. The minimum atomic E-state index is 0.176. The van der Waals surface area contributed by atoms with E-state index < -0.39 is 0 Å². The SMILES string of the molecule is CCc1cc2c(NCC(C)(C)CCN)ncnc2s1. The van der Waals surface area contributed by atoms with Crippen molar-refractivity contribution in [3.8, 4) is 0 Å². The number of nitrogens with zero attached hydrogens (tertiary/aromatic N) is 2. The molecule has 0 spiro atoms. The lowest BCUT2D eigenvalue weighted by molar-refractivity contribution is 0.365. The highest BCUT2D eigenvalue weighted by atomic mass is 32.1. The summed E-state index contributed by atoms with van der Waals surface area (Å²) < 4.78 is 0. The molecule has 2 aromatic rings. The van der Waals surface area contributed by atoms with Crippen LogP contribution in [0.15, 0.2) is 12.4 Å². The topological polar surface area (TPSA) is 63.8 Å². The summed E-state index contributed by atoms with van der Waals surface area (Å²) in [5.74, 6) is 0.936. The van der Waals surface area contributed by atoms with Crippen LogP contribution >= 0.6 is 11.3 Å². The largest absolute Gasteiger partial charge is 0.369 e. The van der Waals surface area contributed by atoms with Crippen molar-refractivity contribution in [2.24, 2.45) is 11.1 Å². The van der Waals surface area contributed by atoms with Gasteiger partial charge in [-0.2, -0.15) is 0 Å². The van der Waals surface area contributed by atoms with Crippen LogP contribution in [0.2, 0.25) is 0 Å². The zero-order chi connectivity index (χ0) is 13.9. The zero-order valence-corrected chi connectivity index (χ0v) is 12.7. The van der Waals surface area contributed by atoms with Gasteiger partial charge < -0.3 is 11.1 Å². The van der Waals surface area contributed by atoms with Gasteiger partial charge in [-0.15, -0.1) is 11.3 Å². The third-order valence-electron chi connectivity index (χ3n) is 3.28. The third kappa shape index (κ3) is 3.42. The lowest BCUT2D eigenvalue weighted by Crippen LogP contribution is -2.26. The van der Waals surface area contributed by atoms with Gasteiger partial charge in [-0.25, -0.2) is 9.97 Å². The Morgan fingerprint density at radius 2 is 2.16 bits per heavy atom. The summed E-state index contributed by atoms with van der Waals surface area (Å²) in [5, 5.41) is 4.58. The maximum absolute atomic E-state index is 5.64. The van der Waals surface area contributed by atoms with Gasteiger partial charge in [-0.1, -0.05) is 20.8 Å². The monoisotopic (exact) mass is 278 g/mol. The molecule has 0 fully saturated rings. The van der Waals surface area contributed by atoms with Gasteiger partial charge in [-0.3, -0.25) is 0 Å². The number of aryl methyl sites for hydroxylation is 1. The van der Waals surface area contributed by atoms with Gasteiger partial charge in [0.1, 0.15) is 17.0 Å². The van der Waals surface area contributed by atoms with Crippen molar-refractivity contribution in [3.05, 3.63) is 17.3 Å². The molecule has 3 N–H and O–H groups in total. The molecule has 19 heavy (non-hydrogen) atoms. The van der Waals surface area contributed by atoms with Crippen molar-refractivity contribution in [3.63, 3.8) is 0 Å². The first-order valence-electron chi connectivity index (χ1n) is 6.73. The summed E-state index contributed by atoms with van der Waals surface area (Å²) in [6, 6.07) is 2.19. The van der Waals surface area contributed by atoms with Crippen LogP contribution in [0, 0.1) is 5.41 Å². The van der Waals surface area contributed by atoms with Crippen LogP contribution in [0.3, 0.4) is 0 Å². The van der Waals surface area contributed by atoms with E-state index in [0.717, 1.165) is 35.4 Å². The third-order valence-corrected chi connectivity index (χ3v) is 4.47. The van der Waals surface area contributed by atoms with E-state index in [2.05, 4.69) is 42.1 Å². The highest BCUT2D eigenvalue weighted by molar-refractivity contribution is 7.18. The molecule has 0 aliphatic rings. The molecule has 0 unspecified atom stereocenters. The highest BCUT2D eigenvalue weighted by Crippen LogP contribution is 2.29. The van der Waals surface area contributed by atoms with E-state index >= 15 is 0 Å². The number of nitrogens with one attached hydrogen (secondary N) is 1. The van der Waals surface area contributed by atoms with Gasteiger partial charge in [0.05, 0.1) is 5.39 Å². The molecule has 0 saturated carbocycles. The Kier molecular flexibility index (Phi) is 4.37. The predicted octanol–water partition coefficient (Wildman–Crippen LogP) is 3.04. The Bertz CT molecular complexity index is 547. The molecule has 0 saturated heterocycles. The lowest BCUT2D eigenvalue weighted by Gasteiger charge is -2.24. The molecule has 104 valence electrons. The second-order valence-corrected chi connectivity index (χ2v) is 6.68. The van der Waals surface area contributed by atoms with Crippen molar-refractivity contribution in [2.45, 2.75) is 33.6 Å². The Labute approximate surface area is 118 Å². The molecule has 0 atom stereocenters. The number of thiophene rings is 1. The standard InChI is InChI=1S/C14H22N4S/c1-4-10-7-11-12(17-9-18-13(11)19-10)16-8-14(2,3)5-6-15/h7,9H,4-6,8,15H2,1-3H3,(H,16,17,18). The fraction of sp³-hybridized carbons (Fsp3) is 0.571. The summed E-state index contributed by atoms with van der Waals surface area (Å²) in [5.41, 5.74) is 5.82. The highest BCUT2D eigenvalue weighted by Gasteiger charge is 2.17. The molecule has 0 aliphatic heterocycles. The molecule has 4 nitrogen and oxygen atoms in total. The molecule has 2 rings (SSSR count). The van der Waals surface area contributed by atoms with E-state index in [1.54, 1.807) is 17.7 Å². The van der Waals surface area contributed by atoms with Crippen LogP contribution in [-0.2, 0) is 6.42 Å². The fourth-order valence-electron chi connectivity index (χ4n) is 2.02. The van der Waals surface area contributed by atoms with Crippen LogP contribution < -0.4 is 11.1 Å². The Hall–Kier alpha value is -1.20. The maximum Gasteiger partial charge on any atom is 0.138 e. The van der Waals surface area contributed by atoms with E-state index in [0.29, 0.717) is 6.54 Å². The first-order valence-corrected chi connectivity index (χ1v) is 7.55. The smallest absolute Gasteiger partial charge is 0.138 e. The number of rotatable bonds is 6. The van der Waals surface area contributed by atoms with Gasteiger partial charge in [0, 0.05) is 11.4 Å². The van der Waals surface area contributed by atoms with Gasteiger partial charge in [0.2, 0.25) is 0 Å². The van der Waals surface area contributed by atoms with E-state index in [1.165, 1.54) is 4.88 Å². The molecule has 0 bridgehead atoms. The second kappa shape index (κ2) is 5.84. The summed E-state index contributed by atoms with van der Waals surface area (Å²) >= 11 is 1.74. The van der Waals surface area contributed by atoms with Crippen molar-refractivity contribution in [1.29, 1.82) is 0 Å². The fourth-order valence-corrected chi connectivity index (χ4v) is 2.96. The zero-order valence-electron chi connectivity index (χ0n) is 11.9. The molecule has 2 aromatic heterocycles. The summed E-state index contributed by atoms with van der Waals surface area (Å²) in [7, 11) is 0. The average Bonchev–Trinajstić information content (AvgIpc) is 2.79. The first kappa shape index (κ1) is 14.2. The molecular weight excluding hydrogens is 256 g/mol. The molecule has 0 aliphatic carbocycles. The quantitative estimate of drug-likeness (QED) is 0.852. The number of nitrogens with two attached hydrogens (primary N) is 1. The van der Waals surface area contributed by atoms with Crippen molar-refractivity contribution < 1.29 is 0 Å². The van der Waals surface area contributed by atoms with Gasteiger partial charge in [0.25, 0.3) is 0 Å². The van der Waals surface area contributed by atoms with E-state index in [1.807, 2.05) is 0 Å². The number of hydrogen-bond donors (Lipinski definition) is 2. The van der Waals surface area contributed by atoms with Crippen molar-refractivity contribution in [1.82, 2.24) is 9.97 Å². The van der Waals surface area contributed by atoms with Crippen LogP contribution in [0.25, 0.3) is 10.2 Å². The van der Waals surface area contributed by atoms with Crippen molar-refractivity contribution >= 4 is 27.4 Å². The maximum atomic E-state index is 5.64. The van der Waals surface area contributed by atoms with Crippen LogP contribution in [-0.4, -0.2) is 23.1 Å². The molecule has 0 amide bonds. The van der Waals surface area contributed by atoms with Gasteiger partial charge in [0.15, 0.2) is 0 Å². The Balaban J connectivity index is 2.18. The molecule has 5 heteroatoms. The minimum Gasteiger partial charge on any atom is -0.369 e. The lowest BCUT2D eigenvalue weighted by atomic mass is 9.89. The van der Waals surface area contributed by atoms with Crippen LogP contribution in [0.5, 0.6) is 0 Å². The van der Waals surface area contributed by atoms with Crippen molar-refractivity contribution in [2.75, 3.05) is 18.4 Å². The predicted molar refractivity (Wildman–Crippen MR) is 82.7 cm³/mol. The van der Waals surface area contributed by atoms with E-state index in [-0.39, 0.29) is 5.41 Å². The minimum absolute atomic E-state index is 0.176. The first-order chi connectivity index (χ1) is 9.05. The van der Waals surface area contributed by atoms with Gasteiger partial charge >= 0.3 is 0 Å². The number of hydrogen-bond acceptors (Lipinski definition) is 5. The number of aromatic nitrogens is 2. The Morgan fingerprint density at radius 3 is 2.84 bits per heavy atom. The summed E-state index contributed by atoms with van der Waals surface area (Å²) in [6.45, 7) is 8.18. The molecule has 0 radical (unpaired) electrons. The van der Waals surface area contributed by atoms with E-state index in [9.17, 15) is 0 Å². The van der Waals surface area contributed by atoms with Crippen LogP contribution in [0.4, 0.5) is 5.82 Å².